The van der Waals surface area contributed by atoms with E-state index in [4.69, 9.17) is 5.73 Å². The zero-order valence-corrected chi connectivity index (χ0v) is 14.1. The minimum Gasteiger partial charge on any atom is -0.326 e. The van der Waals surface area contributed by atoms with Gasteiger partial charge in [0.15, 0.2) is 0 Å². The van der Waals surface area contributed by atoms with Crippen LogP contribution in [0.5, 0.6) is 0 Å². The molecule has 1 heterocycles. The highest BCUT2D eigenvalue weighted by molar-refractivity contribution is 7.90. The van der Waals surface area contributed by atoms with Gasteiger partial charge in [0.25, 0.3) is 0 Å². The number of benzene rings is 1. The van der Waals surface area contributed by atoms with Crippen molar-refractivity contribution in [3.8, 4) is 0 Å². The molecule has 0 radical (unpaired) electrons. The van der Waals surface area contributed by atoms with Crippen LogP contribution in [0, 0.1) is 5.92 Å². The molecule has 0 saturated carbocycles. The smallest absolute Gasteiger partial charge is 0.242 e. The number of nitrogens with two attached hydrogens (primary N) is 1. The Bertz CT molecular complexity index is 704. The fraction of sp³-hybridized carbons (Fsp3) is 0.467. The van der Waals surface area contributed by atoms with Gasteiger partial charge in [-0.05, 0) is 12.0 Å². The third-order valence-corrected chi connectivity index (χ3v) is 6.66. The molecule has 0 unspecified atom stereocenters. The summed E-state index contributed by atoms with van der Waals surface area (Å²) >= 11 is 1.45. The third kappa shape index (κ3) is 3.45. The molecular weight excluding hydrogens is 304 g/mol. The SMILES string of the molecule is CCC(CC)CNS(=O)(=O)c1c(CN)sc2ccccc12. The molecule has 0 aliphatic carbocycles. The van der Waals surface area contributed by atoms with Crippen molar-refractivity contribution in [3.05, 3.63) is 29.1 Å². The van der Waals surface area contributed by atoms with E-state index in [1.807, 2.05) is 24.3 Å². The van der Waals surface area contributed by atoms with E-state index in [0.29, 0.717) is 22.2 Å². The number of hydrogen-bond donors (Lipinski definition) is 2. The normalized spacial score (nSPS) is 12.4. The van der Waals surface area contributed by atoms with Gasteiger partial charge in [0.1, 0.15) is 4.90 Å². The zero-order chi connectivity index (χ0) is 15.5. The second kappa shape index (κ2) is 6.87. The van der Waals surface area contributed by atoms with Crippen LogP contribution in [0.25, 0.3) is 10.1 Å². The number of hydrogen-bond acceptors (Lipinski definition) is 4. The number of fused-ring (bicyclic) bond motifs is 1. The molecule has 0 spiro atoms. The molecule has 4 nitrogen and oxygen atoms in total. The van der Waals surface area contributed by atoms with Crippen LogP contribution in [-0.4, -0.2) is 15.0 Å². The molecule has 0 amide bonds. The van der Waals surface area contributed by atoms with E-state index >= 15 is 0 Å². The lowest BCUT2D eigenvalue weighted by Crippen LogP contribution is -2.29. The Kier molecular flexibility index (Phi) is 5.37. The molecule has 0 atom stereocenters. The van der Waals surface area contributed by atoms with Crippen molar-refractivity contribution in [2.45, 2.75) is 38.1 Å². The molecule has 21 heavy (non-hydrogen) atoms. The van der Waals surface area contributed by atoms with Gasteiger partial charge in [-0.15, -0.1) is 11.3 Å². The summed E-state index contributed by atoms with van der Waals surface area (Å²) in [5.74, 6) is 0.367. The first-order valence-corrected chi connectivity index (χ1v) is 9.53. The molecule has 1 aromatic heterocycles. The molecule has 2 rings (SSSR count). The molecule has 6 heteroatoms. The summed E-state index contributed by atoms with van der Waals surface area (Å²) in [4.78, 5) is 1.07. The highest BCUT2D eigenvalue weighted by atomic mass is 32.2. The van der Waals surface area contributed by atoms with Crippen LogP contribution in [0.1, 0.15) is 31.6 Å². The van der Waals surface area contributed by atoms with Gasteiger partial charge in [-0.2, -0.15) is 0 Å². The highest BCUT2D eigenvalue weighted by Gasteiger charge is 2.24. The molecule has 2 aromatic rings. The summed E-state index contributed by atoms with van der Waals surface area (Å²) in [7, 11) is -3.52. The van der Waals surface area contributed by atoms with Crippen molar-refractivity contribution < 1.29 is 8.42 Å². The Morgan fingerprint density at radius 1 is 1.24 bits per heavy atom. The Morgan fingerprint density at radius 2 is 1.90 bits per heavy atom. The van der Waals surface area contributed by atoms with Crippen molar-refractivity contribution in [1.29, 1.82) is 0 Å². The van der Waals surface area contributed by atoms with Crippen molar-refractivity contribution in [1.82, 2.24) is 4.72 Å². The average Bonchev–Trinajstić information content (AvgIpc) is 2.87. The average molecular weight is 326 g/mol. The van der Waals surface area contributed by atoms with Crippen LogP contribution in [0.2, 0.25) is 0 Å². The third-order valence-electron chi connectivity index (χ3n) is 3.79. The van der Waals surface area contributed by atoms with Gasteiger partial charge in [0.2, 0.25) is 10.0 Å². The Hall–Kier alpha value is -0.950. The van der Waals surface area contributed by atoms with E-state index in [2.05, 4.69) is 18.6 Å². The lowest BCUT2D eigenvalue weighted by Gasteiger charge is -2.14. The number of sulfonamides is 1. The number of thiophene rings is 1. The predicted octanol–water partition coefficient (Wildman–Crippen LogP) is 3.07. The summed E-state index contributed by atoms with van der Waals surface area (Å²) in [6.07, 6.45) is 1.93. The Labute approximate surface area is 130 Å². The van der Waals surface area contributed by atoms with Crippen molar-refractivity contribution in [2.24, 2.45) is 11.7 Å². The van der Waals surface area contributed by atoms with Crippen molar-refractivity contribution in [2.75, 3.05) is 6.54 Å². The summed E-state index contributed by atoms with van der Waals surface area (Å²) < 4.78 is 29.0. The summed E-state index contributed by atoms with van der Waals surface area (Å²) in [5.41, 5.74) is 5.74. The lowest BCUT2D eigenvalue weighted by atomic mass is 10.0. The molecule has 0 aliphatic rings. The number of nitrogens with one attached hydrogen (secondary N) is 1. The maximum atomic E-state index is 12.7. The molecular formula is C15H22N2O2S2. The van der Waals surface area contributed by atoms with Gasteiger partial charge in [-0.3, -0.25) is 0 Å². The molecule has 3 N–H and O–H groups in total. The fourth-order valence-corrected chi connectivity index (χ4v) is 5.33. The molecule has 1 aromatic carbocycles. The summed E-state index contributed by atoms with van der Waals surface area (Å²) in [6.45, 7) is 4.87. The van der Waals surface area contributed by atoms with Gasteiger partial charge in [0, 0.05) is 28.1 Å². The standard InChI is InChI=1S/C15H22N2O2S2/c1-3-11(4-2)10-17-21(18,19)15-12-7-5-6-8-13(12)20-14(15)9-16/h5-8,11,17H,3-4,9-10,16H2,1-2H3. The largest absolute Gasteiger partial charge is 0.326 e. The Morgan fingerprint density at radius 3 is 2.52 bits per heavy atom. The van der Waals surface area contributed by atoms with Gasteiger partial charge in [-0.1, -0.05) is 44.9 Å². The van der Waals surface area contributed by atoms with Crippen LogP contribution in [0.15, 0.2) is 29.2 Å². The first-order valence-electron chi connectivity index (χ1n) is 7.23. The van der Waals surface area contributed by atoms with Crippen molar-refractivity contribution >= 4 is 31.4 Å². The first-order chi connectivity index (χ1) is 10.0. The van der Waals surface area contributed by atoms with E-state index in [-0.39, 0.29) is 6.54 Å². The predicted molar refractivity (Wildman–Crippen MR) is 89.0 cm³/mol. The van der Waals surface area contributed by atoms with Gasteiger partial charge < -0.3 is 5.73 Å². The molecule has 0 fully saturated rings. The maximum Gasteiger partial charge on any atom is 0.242 e. The molecule has 0 saturated heterocycles. The second-order valence-corrected chi connectivity index (χ2v) is 7.93. The quantitative estimate of drug-likeness (QED) is 0.821. The minimum absolute atomic E-state index is 0.237. The van der Waals surface area contributed by atoms with E-state index in [1.165, 1.54) is 11.3 Å². The molecule has 0 bridgehead atoms. The van der Waals surface area contributed by atoms with Crippen LogP contribution < -0.4 is 10.5 Å². The number of rotatable bonds is 7. The summed E-state index contributed by atoms with van der Waals surface area (Å²) in [5, 5.41) is 0.764. The zero-order valence-electron chi connectivity index (χ0n) is 12.4. The molecule has 0 aliphatic heterocycles. The van der Waals surface area contributed by atoms with Crippen molar-refractivity contribution in [3.63, 3.8) is 0 Å². The van der Waals surface area contributed by atoms with Crippen LogP contribution >= 0.6 is 11.3 Å². The van der Waals surface area contributed by atoms with Gasteiger partial charge >= 0.3 is 0 Å². The van der Waals surface area contributed by atoms with E-state index in [0.717, 1.165) is 22.9 Å². The minimum atomic E-state index is -3.52. The van der Waals surface area contributed by atoms with Crippen LogP contribution in [0.4, 0.5) is 0 Å². The first kappa shape index (κ1) is 16.4. The van der Waals surface area contributed by atoms with E-state index < -0.39 is 10.0 Å². The maximum absolute atomic E-state index is 12.7. The van der Waals surface area contributed by atoms with Gasteiger partial charge in [0.05, 0.1) is 0 Å². The second-order valence-electron chi connectivity index (χ2n) is 5.09. The lowest BCUT2D eigenvalue weighted by molar-refractivity contribution is 0.479. The van der Waals surface area contributed by atoms with E-state index in [1.54, 1.807) is 0 Å². The van der Waals surface area contributed by atoms with Crippen LogP contribution in [-0.2, 0) is 16.6 Å². The topological polar surface area (TPSA) is 72.2 Å². The van der Waals surface area contributed by atoms with Gasteiger partial charge in [-0.25, -0.2) is 13.1 Å². The van der Waals surface area contributed by atoms with E-state index in [9.17, 15) is 8.42 Å². The Balaban J connectivity index is 2.39. The fourth-order valence-electron chi connectivity index (χ4n) is 2.38. The highest BCUT2D eigenvalue weighted by Crippen LogP contribution is 2.34. The van der Waals surface area contributed by atoms with Crippen LogP contribution in [0.3, 0.4) is 0 Å². The summed E-state index contributed by atoms with van der Waals surface area (Å²) in [6, 6.07) is 7.54. The monoisotopic (exact) mass is 326 g/mol. The molecule has 116 valence electrons.